The number of methoxy groups -OCH3 is 1. The highest BCUT2D eigenvalue weighted by Crippen LogP contribution is 2.30. The summed E-state index contributed by atoms with van der Waals surface area (Å²) in [4.78, 5) is 12.7. The number of nitrogens with one attached hydrogen (secondary N) is 1. The zero-order valence-electron chi connectivity index (χ0n) is 15.2. The van der Waals surface area contributed by atoms with Crippen LogP contribution in [0.25, 0.3) is 0 Å². The van der Waals surface area contributed by atoms with Gasteiger partial charge in [-0.1, -0.05) is 23.2 Å². The second-order valence-corrected chi connectivity index (χ2v) is 9.28. The van der Waals surface area contributed by atoms with Crippen molar-refractivity contribution in [3.05, 3.63) is 52.5 Å². The third-order valence-electron chi connectivity index (χ3n) is 4.63. The van der Waals surface area contributed by atoms with Gasteiger partial charge in [0.25, 0.3) is 0 Å². The van der Waals surface area contributed by atoms with E-state index < -0.39 is 15.9 Å². The fourth-order valence-corrected chi connectivity index (χ4v) is 5.11. The summed E-state index contributed by atoms with van der Waals surface area (Å²) in [5, 5.41) is 3.61. The number of piperidine rings is 1. The molecule has 0 aromatic heterocycles. The highest BCUT2D eigenvalue weighted by Gasteiger charge is 2.33. The molecule has 1 atom stereocenters. The number of amides is 1. The number of rotatable bonds is 5. The van der Waals surface area contributed by atoms with Crippen molar-refractivity contribution in [2.24, 2.45) is 5.92 Å². The van der Waals surface area contributed by atoms with Crippen LogP contribution >= 0.6 is 23.2 Å². The van der Waals surface area contributed by atoms with Crippen LogP contribution in [0.2, 0.25) is 10.0 Å². The summed E-state index contributed by atoms with van der Waals surface area (Å²) in [6, 6.07) is 11.1. The van der Waals surface area contributed by atoms with Crippen molar-refractivity contribution in [3.63, 3.8) is 0 Å². The lowest BCUT2D eigenvalue weighted by molar-refractivity contribution is -0.120. The van der Waals surface area contributed by atoms with E-state index in [0.717, 1.165) is 0 Å². The number of benzene rings is 2. The Balaban J connectivity index is 1.73. The van der Waals surface area contributed by atoms with Gasteiger partial charge in [0.2, 0.25) is 15.9 Å². The maximum atomic E-state index is 13.0. The molecule has 1 saturated heterocycles. The normalized spacial score (nSPS) is 17.9. The summed E-state index contributed by atoms with van der Waals surface area (Å²) in [5.74, 6) is -0.248. The van der Waals surface area contributed by atoms with Crippen LogP contribution in [0.5, 0.6) is 5.75 Å². The van der Waals surface area contributed by atoms with Gasteiger partial charge in [0.05, 0.1) is 22.9 Å². The number of carbonyl (C=O) groups excluding carboxylic acids is 1. The second kappa shape index (κ2) is 8.69. The van der Waals surface area contributed by atoms with Gasteiger partial charge in [-0.15, -0.1) is 0 Å². The summed E-state index contributed by atoms with van der Waals surface area (Å²) in [6.07, 6.45) is 1.22. The molecule has 0 aliphatic carbocycles. The lowest BCUT2D eigenvalue weighted by Crippen LogP contribution is -2.43. The van der Waals surface area contributed by atoms with Gasteiger partial charge < -0.3 is 10.1 Å². The van der Waals surface area contributed by atoms with E-state index in [1.54, 1.807) is 24.3 Å². The number of hydrogen-bond acceptors (Lipinski definition) is 4. The summed E-state index contributed by atoms with van der Waals surface area (Å²) in [6.45, 7) is 0.474. The third-order valence-corrected chi connectivity index (χ3v) is 7.04. The average Bonchev–Trinajstić information content (AvgIpc) is 2.69. The van der Waals surface area contributed by atoms with Crippen molar-refractivity contribution in [2.75, 3.05) is 25.5 Å². The Morgan fingerprint density at radius 1 is 1.18 bits per heavy atom. The van der Waals surface area contributed by atoms with Gasteiger partial charge in [-0.05, 0) is 55.3 Å². The van der Waals surface area contributed by atoms with E-state index in [2.05, 4.69) is 5.32 Å². The molecular weight excluding hydrogens is 423 g/mol. The lowest BCUT2D eigenvalue weighted by atomic mass is 9.99. The molecule has 3 rings (SSSR count). The van der Waals surface area contributed by atoms with Gasteiger partial charge in [0, 0.05) is 23.8 Å². The molecule has 2 aromatic rings. The number of hydrogen-bond donors (Lipinski definition) is 1. The minimum absolute atomic E-state index is 0.0806. The first-order valence-corrected chi connectivity index (χ1v) is 10.9. The topological polar surface area (TPSA) is 75.7 Å². The van der Waals surface area contributed by atoms with Crippen LogP contribution in [0.3, 0.4) is 0 Å². The molecular formula is C19H20Cl2N2O4S. The number of nitrogens with zero attached hydrogens (tertiary/aromatic N) is 1. The molecule has 1 aliphatic heterocycles. The van der Waals surface area contributed by atoms with E-state index in [-0.39, 0.29) is 22.4 Å². The van der Waals surface area contributed by atoms with E-state index in [1.165, 1.54) is 29.6 Å². The Bertz CT molecular complexity index is 964. The van der Waals surface area contributed by atoms with Crippen molar-refractivity contribution in [3.8, 4) is 5.75 Å². The maximum absolute atomic E-state index is 13.0. The van der Waals surface area contributed by atoms with Gasteiger partial charge in [-0.3, -0.25) is 4.79 Å². The Morgan fingerprint density at radius 2 is 1.89 bits per heavy atom. The van der Waals surface area contributed by atoms with Crippen molar-refractivity contribution >= 4 is 44.8 Å². The first kappa shape index (κ1) is 20.9. The van der Waals surface area contributed by atoms with Crippen molar-refractivity contribution in [1.29, 1.82) is 0 Å². The molecule has 1 N–H and O–H groups in total. The van der Waals surface area contributed by atoms with Gasteiger partial charge in [-0.25, -0.2) is 8.42 Å². The molecule has 6 nitrogen and oxygen atoms in total. The smallest absolute Gasteiger partial charge is 0.243 e. The number of halogens is 2. The summed E-state index contributed by atoms with van der Waals surface area (Å²) >= 11 is 11.9. The zero-order valence-corrected chi connectivity index (χ0v) is 17.5. The van der Waals surface area contributed by atoms with E-state index >= 15 is 0 Å². The molecule has 1 fully saturated rings. The van der Waals surface area contributed by atoms with E-state index in [9.17, 15) is 13.2 Å². The molecule has 0 spiro atoms. The summed E-state index contributed by atoms with van der Waals surface area (Å²) < 4.78 is 32.4. The molecule has 1 heterocycles. The van der Waals surface area contributed by atoms with E-state index in [4.69, 9.17) is 27.9 Å². The minimum atomic E-state index is -3.76. The molecule has 0 radical (unpaired) electrons. The predicted molar refractivity (Wildman–Crippen MR) is 110 cm³/mol. The first-order chi connectivity index (χ1) is 13.3. The second-order valence-electron chi connectivity index (χ2n) is 6.49. The monoisotopic (exact) mass is 442 g/mol. The molecule has 9 heteroatoms. The third kappa shape index (κ3) is 4.60. The van der Waals surface area contributed by atoms with Gasteiger partial charge in [0.1, 0.15) is 5.75 Å². The van der Waals surface area contributed by atoms with Crippen molar-refractivity contribution in [1.82, 2.24) is 4.31 Å². The largest absolute Gasteiger partial charge is 0.495 e. The predicted octanol–water partition coefficient (Wildman–Crippen LogP) is 4.04. The summed E-state index contributed by atoms with van der Waals surface area (Å²) in [7, 11) is -2.30. The van der Waals surface area contributed by atoms with Gasteiger partial charge in [0.15, 0.2) is 0 Å². The van der Waals surface area contributed by atoms with Crippen LogP contribution in [0.15, 0.2) is 47.4 Å². The molecule has 1 amide bonds. The molecule has 0 unspecified atom stereocenters. The van der Waals surface area contributed by atoms with Crippen molar-refractivity contribution in [2.45, 2.75) is 17.7 Å². The Kier molecular flexibility index (Phi) is 6.50. The fourth-order valence-electron chi connectivity index (χ4n) is 3.11. The maximum Gasteiger partial charge on any atom is 0.243 e. The molecule has 2 aromatic carbocycles. The number of sulfonamides is 1. The van der Waals surface area contributed by atoms with Crippen LogP contribution in [0.4, 0.5) is 5.69 Å². The van der Waals surface area contributed by atoms with Crippen LogP contribution in [0.1, 0.15) is 12.8 Å². The molecule has 0 saturated carbocycles. The van der Waals surface area contributed by atoms with E-state index in [0.29, 0.717) is 35.8 Å². The van der Waals surface area contributed by atoms with Gasteiger partial charge >= 0.3 is 0 Å². The highest BCUT2D eigenvalue weighted by molar-refractivity contribution is 7.89. The number of anilines is 1. The lowest BCUT2D eigenvalue weighted by Gasteiger charge is -2.31. The fraction of sp³-hybridized carbons (Fsp3) is 0.316. The molecule has 28 heavy (non-hydrogen) atoms. The van der Waals surface area contributed by atoms with Gasteiger partial charge in [-0.2, -0.15) is 4.31 Å². The Morgan fingerprint density at radius 3 is 2.54 bits per heavy atom. The van der Waals surface area contributed by atoms with Crippen LogP contribution < -0.4 is 10.1 Å². The molecule has 0 bridgehead atoms. The number of carbonyl (C=O) groups is 1. The van der Waals surface area contributed by atoms with Crippen LogP contribution in [-0.4, -0.2) is 38.8 Å². The average molecular weight is 443 g/mol. The zero-order chi connectivity index (χ0) is 20.3. The van der Waals surface area contributed by atoms with E-state index in [1.807, 2.05) is 0 Å². The Labute approximate surface area is 174 Å². The van der Waals surface area contributed by atoms with Crippen LogP contribution in [-0.2, 0) is 14.8 Å². The molecule has 150 valence electrons. The van der Waals surface area contributed by atoms with Crippen LogP contribution in [0, 0.1) is 5.92 Å². The Hall–Kier alpha value is -1.80. The quantitative estimate of drug-likeness (QED) is 0.757. The standard InChI is InChI=1S/C19H20Cl2N2O4S/c1-27-18-9-8-16(11-17(18)21)28(25,26)23-10-2-3-13(12-23)19(24)22-15-6-4-14(20)5-7-15/h4-9,11,13H,2-3,10,12H2,1H3,(H,22,24)/t13-/m1/s1. The summed E-state index contributed by atoms with van der Waals surface area (Å²) in [5.41, 5.74) is 0.622. The SMILES string of the molecule is COc1ccc(S(=O)(=O)N2CCC[C@@H](C(=O)Nc3ccc(Cl)cc3)C2)cc1Cl. The minimum Gasteiger partial charge on any atom is -0.495 e. The van der Waals surface area contributed by atoms with Crippen molar-refractivity contribution < 1.29 is 17.9 Å². The number of ether oxygens (including phenoxy) is 1. The highest BCUT2D eigenvalue weighted by atomic mass is 35.5. The molecule has 1 aliphatic rings. The first-order valence-electron chi connectivity index (χ1n) is 8.71.